The molecule has 3 aromatic rings. The van der Waals surface area contributed by atoms with Crippen LogP contribution in [0.1, 0.15) is 36.8 Å². The van der Waals surface area contributed by atoms with Gasteiger partial charge in [-0.15, -0.1) is 0 Å². The summed E-state index contributed by atoms with van der Waals surface area (Å²) in [5.41, 5.74) is 3.13. The molecule has 1 amide bonds. The fourth-order valence-electron chi connectivity index (χ4n) is 6.36. The first-order valence-electron chi connectivity index (χ1n) is 13.1. The largest absolute Gasteiger partial charge is 0.379 e. The molecule has 6 rings (SSSR count). The highest BCUT2D eigenvalue weighted by Crippen LogP contribution is 2.49. The number of ether oxygens (including phenoxy) is 1. The Labute approximate surface area is 221 Å². The van der Waals surface area contributed by atoms with Crippen LogP contribution >= 0.6 is 15.9 Å². The number of rotatable bonds is 6. The standard InChI is InChI=1S/C29H33BrN4O2/c30-24-7-5-23(6-8-24)29(26-4-2-1-3-25(26)28-31-13-16-34(28)29)12-9-27(35)33-14-10-22(11-15-33)21-32-17-19-36-20-18-32/h1-8,13,16,22H,9-12,14-15,17-21H2. The van der Waals surface area contributed by atoms with Crippen LogP contribution in [0.3, 0.4) is 0 Å². The number of amides is 1. The molecule has 1 atom stereocenters. The van der Waals surface area contributed by atoms with Gasteiger partial charge in [-0.25, -0.2) is 4.98 Å². The summed E-state index contributed by atoms with van der Waals surface area (Å²) in [6.45, 7) is 6.64. The van der Waals surface area contributed by atoms with Gasteiger partial charge >= 0.3 is 0 Å². The second kappa shape index (κ2) is 10.1. The highest BCUT2D eigenvalue weighted by molar-refractivity contribution is 9.10. The number of benzene rings is 2. The van der Waals surface area contributed by atoms with Crippen molar-refractivity contribution in [1.82, 2.24) is 19.4 Å². The molecular weight excluding hydrogens is 516 g/mol. The molecule has 0 spiro atoms. The lowest BCUT2D eigenvalue weighted by atomic mass is 9.79. The van der Waals surface area contributed by atoms with Crippen LogP contribution in [-0.2, 0) is 15.1 Å². The number of hydrogen-bond donors (Lipinski definition) is 0. The molecule has 3 aliphatic rings. The SMILES string of the molecule is O=C(CCC1(c2ccc(Br)cc2)c2ccccc2-c2nccn21)N1CCC(CN2CCOCC2)CC1. The number of imidazole rings is 1. The van der Waals surface area contributed by atoms with Crippen LogP contribution in [0.25, 0.3) is 11.4 Å². The first-order chi connectivity index (χ1) is 17.6. The van der Waals surface area contributed by atoms with E-state index in [-0.39, 0.29) is 5.91 Å². The highest BCUT2D eigenvalue weighted by atomic mass is 79.9. The number of aromatic nitrogens is 2. The van der Waals surface area contributed by atoms with Crippen molar-refractivity contribution in [1.29, 1.82) is 0 Å². The summed E-state index contributed by atoms with van der Waals surface area (Å²) in [4.78, 5) is 22.8. The molecule has 0 saturated carbocycles. The Morgan fingerprint density at radius 1 is 1.03 bits per heavy atom. The molecule has 3 aliphatic heterocycles. The topological polar surface area (TPSA) is 50.6 Å². The van der Waals surface area contributed by atoms with E-state index in [0.717, 1.165) is 74.6 Å². The van der Waals surface area contributed by atoms with Gasteiger partial charge in [-0.1, -0.05) is 52.3 Å². The van der Waals surface area contributed by atoms with Crippen LogP contribution in [0, 0.1) is 5.92 Å². The molecule has 36 heavy (non-hydrogen) atoms. The smallest absolute Gasteiger partial charge is 0.222 e. The number of hydrogen-bond acceptors (Lipinski definition) is 4. The Balaban J connectivity index is 1.19. The van der Waals surface area contributed by atoms with Gasteiger partial charge in [0.2, 0.25) is 5.91 Å². The van der Waals surface area contributed by atoms with Crippen LogP contribution < -0.4 is 0 Å². The molecule has 2 aromatic carbocycles. The number of carbonyl (C=O) groups is 1. The van der Waals surface area contributed by atoms with E-state index in [1.54, 1.807) is 0 Å². The van der Waals surface area contributed by atoms with E-state index in [1.807, 2.05) is 6.20 Å². The van der Waals surface area contributed by atoms with Gasteiger partial charge in [0.1, 0.15) is 5.82 Å². The Hall–Kier alpha value is -2.48. The molecule has 0 bridgehead atoms. The number of morpholine rings is 1. The molecule has 4 heterocycles. The van der Waals surface area contributed by atoms with Crippen LogP contribution in [0.15, 0.2) is 65.4 Å². The van der Waals surface area contributed by atoms with Crippen LogP contribution in [0.5, 0.6) is 0 Å². The minimum absolute atomic E-state index is 0.266. The lowest BCUT2D eigenvalue weighted by molar-refractivity contribution is -0.133. The summed E-state index contributed by atoms with van der Waals surface area (Å²) in [6.07, 6.45) is 7.35. The number of nitrogens with zero attached hydrogens (tertiary/aromatic N) is 4. The fourth-order valence-corrected chi connectivity index (χ4v) is 6.62. The van der Waals surface area contributed by atoms with Gasteiger partial charge in [-0.3, -0.25) is 9.69 Å². The third-order valence-electron chi connectivity index (χ3n) is 8.28. The highest BCUT2D eigenvalue weighted by Gasteiger charge is 2.45. The van der Waals surface area contributed by atoms with E-state index in [1.165, 1.54) is 11.1 Å². The third kappa shape index (κ3) is 4.31. The Morgan fingerprint density at radius 2 is 1.78 bits per heavy atom. The van der Waals surface area contributed by atoms with Crippen molar-refractivity contribution in [2.75, 3.05) is 45.9 Å². The van der Waals surface area contributed by atoms with Gasteiger partial charge in [0.25, 0.3) is 0 Å². The summed E-state index contributed by atoms with van der Waals surface area (Å²) in [6, 6.07) is 17.1. The summed E-state index contributed by atoms with van der Waals surface area (Å²) in [5, 5.41) is 0. The number of likely N-dealkylation sites (tertiary alicyclic amines) is 1. The second-order valence-electron chi connectivity index (χ2n) is 10.3. The maximum atomic E-state index is 13.5. The average molecular weight is 550 g/mol. The van der Waals surface area contributed by atoms with Crippen molar-refractivity contribution in [3.8, 4) is 11.4 Å². The summed E-state index contributed by atoms with van der Waals surface area (Å²) >= 11 is 3.59. The van der Waals surface area contributed by atoms with E-state index in [4.69, 9.17) is 9.72 Å². The lowest BCUT2D eigenvalue weighted by Crippen LogP contribution is -2.44. The van der Waals surface area contributed by atoms with E-state index >= 15 is 0 Å². The fraction of sp³-hybridized carbons (Fsp3) is 0.448. The van der Waals surface area contributed by atoms with Crippen molar-refractivity contribution in [3.05, 3.63) is 76.5 Å². The molecule has 2 fully saturated rings. The molecule has 0 radical (unpaired) electrons. The summed E-state index contributed by atoms with van der Waals surface area (Å²) < 4.78 is 8.82. The van der Waals surface area contributed by atoms with Crippen molar-refractivity contribution in [3.63, 3.8) is 0 Å². The molecule has 0 N–H and O–H groups in total. The van der Waals surface area contributed by atoms with E-state index < -0.39 is 5.54 Å². The maximum absolute atomic E-state index is 13.5. The molecule has 188 valence electrons. The molecule has 1 unspecified atom stereocenters. The molecule has 6 nitrogen and oxygen atoms in total. The predicted molar refractivity (Wildman–Crippen MR) is 144 cm³/mol. The van der Waals surface area contributed by atoms with Crippen LogP contribution in [-0.4, -0.2) is 71.2 Å². The van der Waals surface area contributed by atoms with Gasteiger partial charge in [0.15, 0.2) is 0 Å². The van der Waals surface area contributed by atoms with Gasteiger partial charge in [-0.05, 0) is 48.4 Å². The summed E-state index contributed by atoms with van der Waals surface area (Å²) in [5.74, 6) is 1.92. The lowest BCUT2D eigenvalue weighted by Gasteiger charge is -2.37. The quantitative estimate of drug-likeness (QED) is 0.445. The first kappa shape index (κ1) is 23.9. The summed E-state index contributed by atoms with van der Waals surface area (Å²) in [7, 11) is 0. The minimum Gasteiger partial charge on any atom is -0.379 e. The molecule has 7 heteroatoms. The molecule has 2 saturated heterocycles. The van der Waals surface area contributed by atoms with E-state index in [0.29, 0.717) is 18.8 Å². The van der Waals surface area contributed by atoms with Gasteiger partial charge < -0.3 is 14.2 Å². The number of fused-ring (bicyclic) bond motifs is 3. The Bertz CT molecular complexity index is 1210. The average Bonchev–Trinajstić information content (AvgIpc) is 3.50. The molecular formula is C29H33BrN4O2. The van der Waals surface area contributed by atoms with Crippen LogP contribution in [0.4, 0.5) is 0 Å². The van der Waals surface area contributed by atoms with Crippen LogP contribution in [0.2, 0.25) is 0 Å². The monoisotopic (exact) mass is 548 g/mol. The zero-order valence-electron chi connectivity index (χ0n) is 20.6. The first-order valence-corrected chi connectivity index (χ1v) is 13.9. The number of halogens is 1. The Morgan fingerprint density at radius 3 is 2.56 bits per heavy atom. The zero-order chi connectivity index (χ0) is 24.5. The molecule has 0 aliphatic carbocycles. The Kier molecular flexibility index (Phi) is 6.71. The van der Waals surface area contributed by atoms with Gasteiger partial charge in [-0.2, -0.15) is 0 Å². The third-order valence-corrected chi connectivity index (χ3v) is 8.80. The van der Waals surface area contributed by atoms with Crippen molar-refractivity contribution in [2.24, 2.45) is 5.92 Å². The minimum atomic E-state index is -0.437. The van der Waals surface area contributed by atoms with E-state index in [9.17, 15) is 4.79 Å². The van der Waals surface area contributed by atoms with E-state index in [2.05, 4.69) is 85.0 Å². The van der Waals surface area contributed by atoms with Gasteiger partial charge in [0, 0.05) is 61.6 Å². The van der Waals surface area contributed by atoms with Crippen molar-refractivity contribution in [2.45, 2.75) is 31.2 Å². The second-order valence-corrected chi connectivity index (χ2v) is 11.2. The predicted octanol–water partition coefficient (Wildman–Crippen LogP) is 4.77. The van der Waals surface area contributed by atoms with Crippen molar-refractivity contribution < 1.29 is 9.53 Å². The normalized spacial score (nSPS) is 22.4. The number of piperidine rings is 1. The number of carbonyl (C=O) groups excluding carboxylic acids is 1. The van der Waals surface area contributed by atoms with Gasteiger partial charge in [0.05, 0.1) is 18.8 Å². The molecule has 1 aromatic heterocycles. The zero-order valence-corrected chi connectivity index (χ0v) is 22.2. The van der Waals surface area contributed by atoms with Crippen molar-refractivity contribution >= 4 is 21.8 Å². The maximum Gasteiger partial charge on any atom is 0.222 e.